The van der Waals surface area contributed by atoms with Crippen molar-refractivity contribution in [1.82, 2.24) is 15.5 Å². The van der Waals surface area contributed by atoms with Crippen LogP contribution in [0.3, 0.4) is 0 Å². The average Bonchev–Trinajstić information content (AvgIpc) is 3.18. The van der Waals surface area contributed by atoms with E-state index in [0.717, 1.165) is 11.1 Å². The summed E-state index contributed by atoms with van der Waals surface area (Å²) >= 11 is 0. The molecular formula is C20H18FN3O4S. The first-order valence-corrected chi connectivity index (χ1v) is 10.3. The van der Waals surface area contributed by atoms with Gasteiger partial charge in [0.05, 0.1) is 12.3 Å². The van der Waals surface area contributed by atoms with E-state index in [1.54, 1.807) is 6.08 Å². The van der Waals surface area contributed by atoms with Gasteiger partial charge in [-0.1, -0.05) is 53.1 Å². The molecule has 7 nitrogen and oxygen atoms in total. The summed E-state index contributed by atoms with van der Waals surface area (Å²) in [6.07, 6.45) is 2.99. The lowest BCUT2D eigenvalue weighted by Crippen LogP contribution is -2.20. The van der Waals surface area contributed by atoms with Gasteiger partial charge in [-0.2, -0.15) is 0 Å². The van der Waals surface area contributed by atoms with Crippen LogP contribution in [-0.4, -0.2) is 24.5 Å². The number of aryl methyl sites for hydroxylation is 1. The summed E-state index contributed by atoms with van der Waals surface area (Å²) in [5, 5.41) is 9.02. The molecule has 3 rings (SSSR count). The highest BCUT2D eigenvalue weighted by Crippen LogP contribution is 2.17. The first kappa shape index (κ1) is 20.4. The maximum absolute atomic E-state index is 13.7. The molecule has 0 atom stereocenters. The number of nitrogens with one attached hydrogen (secondary N) is 1. The van der Waals surface area contributed by atoms with Gasteiger partial charge >= 0.3 is 5.22 Å². The minimum Gasteiger partial charge on any atom is -0.411 e. The summed E-state index contributed by atoms with van der Waals surface area (Å²) in [5.41, 5.74) is 1.98. The van der Waals surface area contributed by atoms with Crippen LogP contribution in [0.1, 0.15) is 22.6 Å². The quantitative estimate of drug-likeness (QED) is 0.596. The van der Waals surface area contributed by atoms with Gasteiger partial charge in [0, 0.05) is 11.6 Å². The number of halogens is 1. The zero-order valence-corrected chi connectivity index (χ0v) is 16.3. The number of carbonyl (C=O) groups excluding carboxylic acids is 1. The van der Waals surface area contributed by atoms with E-state index in [-0.39, 0.29) is 18.0 Å². The Bertz CT molecular complexity index is 1140. The second-order valence-electron chi connectivity index (χ2n) is 6.27. The Kier molecular flexibility index (Phi) is 6.18. The molecule has 1 amide bonds. The molecule has 0 fully saturated rings. The van der Waals surface area contributed by atoms with Gasteiger partial charge in [-0.3, -0.25) is 4.79 Å². The monoisotopic (exact) mass is 415 g/mol. The molecule has 2 aromatic carbocycles. The number of sulfone groups is 1. The van der Waals surface area contributed by atoms with Crippen molar-refractivity contribution in [2.24, 2.45) is 0 Å². The van der Waals surface area contributed by atoms with E-state index in [9.17, 15) is 17.6 Å². The fourth-order valence-electron chi connectivity index (χ4n) is 2.39. The number of hydrogen-bond donors (Lipinski definition) is 1. The number of carbonyl (C=O) groups is 1. The predicted octanol–water partition coefficient (Wildman–Crippen LogP) is 2.82. The first-order valence-electron chi connectivity index (χ1n) is 8.64. The second-order valence-corrected chi connectivity index (χ2v) is 8.14. The SMILES string of the molecule is Cc1ccc(/C=C/C(=O)NCc2nnc(S(=O)(=O)Cc3ccccc3F)o2)cc1. The van der Waals surface area contributed by atoms with E-state index in [1.165, 1.54) is 30.3 Å². The average molecular weight is 415 g/mol. The van der Waals surface area contributed by atoms with Crippen molar-refractivity contribution >= 4 is 21.8 Å². The number of amides is 1. The topological polar surface area (TPSA) is 102 Å². The van der Waals surface area contributed by atoms with Crippen molar-refractivity contribution in [2.45, 2.75) is 24.4 Å². The Morgan fingerprint density at radius 2 is 1.86 bits per heavy atom. The number of aromatic nitrogens is 2. The van der Waals surface area contributed by atoms with Crippen molar-refractivity contribution in [3.63, 3.8) is 0 Å². The summed E-state index contributed by atoms with van der Waals surface area (Å²) < 4.78 is 43.5. The molecule has 0 saturated carbocycles. The Morgan fingerprint density at radius 1 is 1.14 bits per heavy atom. The molecular weight excluding hydrogens is 397 g/mol. The maximum atomic E-state index is 13.7. The molecule has 0 bridgehead atoms. The molecule has 0 aliphatic carbocycles. The molecule has 0 spiro atoms. The zero-order valence-electron chi connectivity index (χ0n) is 15.5. The van der Waals surface area contributed by atoms with E-state index in [0.29, 0.717) is 0 Å². The summed E-state index contributed by atoms with van der Waals surface area (Å²) in [7, 11) is -4.01. The van der Waals surface area contributed by atoms with Crippen LogP contribution >= 0.6 is 0 Å². The lowest BCUT2D eigenvalue weighted by molar-refractivity contribution is -0.116. The minimum absolute atomic E-state index is 0.00166. The smallest absolute Gasteiger partial charge is 0.335 e. The number of benzene rings is 2. The van der Waals surface area contributed by atoms with Gasteiger partial charge in [-0.25, -0.2) is 12.8 Å². The lowest BCUT2D eigenvalue weighted by Gasteiger charge is -2.01. The molecule has 150 valence electrons. The van der Waals surface area contributed by atoms with Crippen LogP contribution in [0.2, 0.25) is 0 Å². The largest absolute Gasteiger partial charge is 0.411 e. The third-order valence-corrected chi connectivity index (χ3v) is 5.32. The van der Waals surface area contributed by atoms with E-state index in [2.05, 4.69) is 15.5 Å². The van der Waals surface area contributed by atoms with E-state index < -0.39 is 32.5 Å². The molecule has 29 heavy (non-hydrogen) atoms. The van der Waals surface area contributed by atoms with Crippen molar-refractivity contribution in [3.8, 4) is 0 Å². The molecule has 0 aliphatic heterocycles. The van der Waals surface area contributed by atoms with Crippen molar-refractivity contribution in [3.05, 3.63) is 83.0 Å². The van der Waals surface area contributed by atoms with Crippen LogP contribution < -0.4 is 5.32 Å². The van der Waals surface area contributed by atoms with Gasteiger partial charge in [-0.15, -0.1) is 5.10 Å². The Balaban J connectivity index is 1.59. The first-order chi connectivity index (χ1) is 13.8. The van der Waals surface area contributed by atoms with Crippen LogP contribution in [0.4, 0.5) is 4.39 Å². The van der Waals surface area contributed by atoms with Gasteiger partial charge in [-0.05, 0) is 24.6 Å². The predicted molar refractivity (Wildman–Crippen MR) is 104 cm³/mol. The molecule has 0 radical (unpaired) electrons. The van der Waals surface area contributed by atoms with Crippen LogP contribution in [0.25, 0.3) is 6.08 Å². The zero-order chi connectivity index (χ0) is 20.9. The van der Waals surface area contributed by atoms with Crippen LogP contribution in [-0.2, 0) is 26.9 Å². The number of rotatable bonds is 7. The van der Waals surface area contributed by atoms with Crippen molar-refractivity contribution in [2.75, 3.05) is 0 Å². The van der Waals surface area contributed by atoms with Gasteiger partial charge in [0.25, 0.3) is 0 Å². The summed E-state index contributed by atoms with van der Waals surface area (Å²) in [6, 6.07) is 13.2. The van der Waals surface area contributed by atoms with Crippen LogP contribution in [0.15, 0.2) is 64.2 Å². The molecule has 1 heterocycles. The summed E-state index contributed by atoms with van der Waals surface area (Å²) in [5.74, 6) is -1.72. The Hall–Kier alpha value is -3.33. The normalized spacial score (nSPS) is 11.7. The third kappa shape index (κ3) is 5.58. The highest BCUT2D eigenvalue weighted by molar-refractivity contribution is 7.90. The van der Waals surface area contributed by atoms with Gasteiger partial charge in [0.2, 0.25) is 21.6 Å². The maximum Gasteiger partial charge on any atom is 0.335 e. The van der Waals surface area contributed by atoms with Crippen LogP contribution in [0.5, 0.6) is 0 Å². The van der Waals surface area contributed by atoms with Gasteiger partial charge < -0.3 is 9.73 Å². The highest BCUT2D eigenvalue weighted by atomic mass is 32.2. The fourth-order valence-corrected chi connectivity index (χ4v) is 3.54. The molecule has 9 heteroatoms. The third-order valence-electron chi connectivity index (χ3n) is 3.94. The fraction of sp³-hybridized carbons (Fsp3) is 0.150. The van der Waals surface area contributed by atoms with Gasteiger partial charge in [0.1, 0.15) is 5.82 Å². The molecule has 1 aromatic heterocycles. The lowest BCUT2D eigenvalue weighted by atomic mass is 10.1. The van der Waals surface area contributed by atoms with Gasteiger partial charge in [0.15, 0.2) is 0 Å². The summed E-state index contributed by atoms with van der Waals surface area (Å²) in [4.78, 5) is 11.9. The summed E-state index contributed by atoms with van der Waals surface area (Å²) in [6.45, 7) is 1.83. The van der Waals surface area contributed by atoms with Crippen molar-refractivity contribution < 1.29 is 22.0 Å². The molecule has 0 saturated heterocycles. The standard InChI is InChI=1S/C20H18FN3O4S/c1-14-6-8-15(9-7-14)10-11-18(25)22-12-19-23-24-20(28-19)29(26,27)13-16-4-2-3-5-17(16)21/h2-11H,12-13H2,1H3,(H,22,25)/b11-10+. The van der Waals surface area contributed by atoms with E-state index in [1.807, 2.05) is 31.2 Å². The van der Waals surface area contributed by atoms with Crippen molar-refractivity contribution in [1.29, 1.82) is 0 Å². The molecule has 0 unspecified atom stereocenters. The molecule has 3 aromatic rings. The van der Waals surface area contributed by atoms with E-state index >= 15 is 0 Å². The molecule has 0 aliphatic rings. The Morgan fingerprint density at radius 3 is 2.59 bits per heavy atom. The highest BCUT2D eigenvalue weighted by Gasteiger charge is 2.24. The number of hydrogen-bond acceptors (Lipinski definition) is 6. The number of nitrogens with zero attached hydrogens (tertiary/aromatic N) is 2. The minimum atomic E-state index is -4.01. The second kappa shape index (κ2) is 8.78. The van der Waals surface area contributed by atoms with E-state index in [4.69, 9.17) is 4.42 Å². The van der Waals surface area contributed by atoms with Crippen LogP contribution in [0, 0.1) is 12.7 Å². The Labute approximate surface area is 167 Å². The molecule has 1 N–H and O–H groups in total.